The first-order chi connectivity index (χ1) is 35.0. The van der Waals surface area contributed by atoms with E-state index in [1.807, 2.05) is 0 Å². The van der Waals surface area contributed by atoms with E-state index in [4.69, 9.17) is 71.1 Å². The molecule has 1 aromatic rings. The molecule has 0 saturated heterocycles. The average molecular weight is 1020 g/mol. The quantitative estimate of drug-likeness (QED) is 0.0531. The third kappa shape index (κ3) is 33.6. The molecule has 1 N–H and O–H groups in total. The minimum atomic E-state index is -1.10. The van der Waals surface area contributed by atoms with E-state index >= 15 is 0 Å². The van der Waals surface area contributed by atoms with Gasteiger partial charge in [0.25, 0.3) is 11.8 Å². The van der Waals surface area contributed by atoms with Gasteiger partial charge in [-0.1, -0.05) is 12.1 Å². The van der Waals surface area contributed by atoms with Crippen LogP contribution in [0.2, 0.25) is 0 Å². The van der Waals surface area contributed by atoms with Gasteiger partial charge in [0.15, 0.2) is 0 Å². The summed E-state index contributed by atoms with van der Waals surface area (Å²) < 4.78 is 82.8. The predicted octanol–water partition coefficient (Wildman–Crippen LogP) is 0.544. The van der Waals surface area contributed by atoms with Crippen molar-refractivity contribution in [1.82, 2.24) is 10.2 Å². The maximum Gasteiger partial charge on any atom is 0.261 e. The lowest BCUT2D eigenvalue weighted by molar-refractivity contribution is -0.129. The molecule has 1 aliphatic rings. The SMILES string of the molecule is O=CCCOCC(COCCC=O)(COCCC=O)NC(=O)CCOCCOCCOCCOCCOCCOCCOCCOCCOCCOCCOCCOCCN1C(=O)c2ccccc2C1=O. The van der Waals surface area contributed by atoms with Gasteiger partial charge in [-0.25, -0.2) is 0 Å². The van der Waals surface area contributed by atoms with E-state index in [0.29, 0.717) is 150 Å². The Morgan fingerprint density at radius 1 is 0.394 bits per heavy atom. The van der Waals surface area contributed by atoms with Crippen molar-refractivity contribution in [3.63, 3.8) is 0 Å². The van der Waals surface area contributed by atoms with Crippen LogP contribution in [0.4, 0.5) is 0 Å². The van der Waals surface area contributed by atoms with Crippen LogP contribution in [0.3, 0.4) is 0 Å². The summed E-state index contributed by atoms with van der Waals surface area (Å²) in [4.78, 5) is 70.8. The predicted molar refractivity (Wildman–Crippen MR) is 252 cm³/mol. The number of ether oxygens (including phenoxy) is 15. The molecule has 0 bridgehead atoms. The molecule has 0 saturated carbocycles. The number of fused-ring (bicyclic) bond motifs is 1. The molecule has 23 nitrogen and oxygen atoms in total. The summed E-state index contributed by atoms with van der Waals surface area (Å²) in [5, 5.41) is 2.89. The fraction of sp³-hybridized carbons (Fsp3) is 0.750. The van der Waals surface area contributed by atoms with Gasteiger partial charge >= 0.3 is 0 Å². The summed E-state index contributed by atoms with van der Waals surface area (Å²) in [5.74, 6) is -0.916. The van der Waals surface area contributed by atoms with Crippen molar-refractivity contribution in [1.29, 1.82) is 0 Å². The van der Waals surface area contributed by atoms with Gasteiger partial charge in [0.2, 0.25) is 5.91 Å². The van der Waals surface area contributed by atoms with Crippen LogP contribution < -0.4 is 5.32 Å². The molecular formula is C48H78N2O21. The van der Waals surface area contributed by atoms with Gasteiger partial charge in [-0.3, -0.25) is 19.3 Å². The summed E-state index contributed by atoms with van der Waals surface area (Å²) >= 11 is 0. The number of carbonyl (C=O) groups is 6. The summed E-state index contributed by atoms with van der Waals surface area (Å²) in [5.41, 5.74) is -0.237. The first kappa shape index (κ1) is 63.4. The third-order valence-corrected chi connectivity index (χ3v) is 9.58. The molecule has 406 valence electrons. The molecule has 1 heterocycles. The van der Waals surface area contributed by atoms with Crippen LogP contribution in [0, 0.1) is 0 Å². The van der Waals surface area contributed by atoms with E-state index < -0.39 is 5.54 Å². The maximum atomic E-state index is 12.8. The molecule has 0 fully saturated rings. The van der Waals surface area contributed by atoms with Gasteiger partial charge < -0.3 is 90.8 Å². The summed E-state index contributed by atoms with van der Waals surface area (Å²) in [6.07, 6.45) is 2.78. The van der Waals surface area contributed by atoms with Gasteiger partial charge in [0.05, 0.1) is 216 Å². The second-order valence-corrected chi connectivity index (χ2v) is 15.3. The Bertz CT molecular complexity index is 1430. The number of amides is 3. The number of aldehydes is 3. The van der Waals surface area contributed by atoms with Crippen molar-refractivity contribution in [3.05, 3.63) is 35.4 Å². The average Bonchev–Trinajstić information content (AvgIpc) is 3.62. The lowest BCUT2D eigenvalue weighted by Crippen LogP contribution is -2.58. The highest BCUT2D eigenvalue weighted by Crippen LogP contribution is 2.22. The van der Waals surface area contributed by atoms with Crippen LogP contribution >= 0.6 is 0 Å². The molecular weight excluding hydrogens is 941 g/mol. The number of hydrogen-bond donors (Lipinski definition) is 1. The van der Waals surface area contributed by atoms with Crippen molar-refractivity contribution in [3.8, 4) is 0 Å². The van der Waals surface area contributed by atoms with Crippen molar-refractivity contribution in [2.75, 3.05) is 205 Å². The van der Waals surface area contributed by atoms with Gasteiger partial charge in [-0.15, -0.1) is 0 Å². The second kappa shape index (κ2) is 46.1. The summed E-state index contributed by atoms with van der Waals surface area (Å²) in [6, 6.07) is 6.79. The van der Waals surface area contributed by atoms with E-state index in [0.717, 1.165) is 18.9 Å². The number of nitrogens with one attached hydrogen (secondary N) is 1. The standard InChI is InChI=1S/C48H78N2O21/c51-10-3-13-69-40-48(41-70-14-4-11-52,42-71-15-5-12-53)49-45(54)8-16-57-18-20-59-22-24-61-26-28-63-30-32-65-34-36-67-38-39-68-37-35-66-33-31-64-29-27-62-25-23-60-21-19-58-17-9-50-46(55)43-6-1-2-7-44(43)47(50)56/h1-2,6-7,10-12H,3-5,8-9,13-42H2,(H,49,54). The minimum absolute atomic E-state index is 0.00346. The van der Waals surface area contributed by atoms with Crippen molar-refractivity contribution in [2.45, 2.75) is 31.2 Å². The zero-order valence-corrected chi connectivity index (χ0v) is 41.3. The Labute approximate surface area is 417 Å². The monoisotopic (exact) mass is 1020 g/mol. The van der Waals surface area contributed by atoms with E-state index in [2.05, 4.69) is 5.32 Å². The molecule has 2 rings (SSSR count). The third-order valence-electron chi connectivity index (χ3n) is 9.58. The number of hydrogen-bond acceptors (Lipinski definition) is 21. The normalized spacial score (nSPS) is 12.5. The van der Waals surface area contributed by atoms with Crippen LogP contribution in [0.25, 0.3) is 0 Å². The fourth-order valence-corrected chi connectivity index (χ4v) is 6.07. The lowest BCUT2D eigenvalue weighted by Gasteiger charge is -2.34. The van der Waals surface area contributed by atoms with Crippen LogP contribution in [-0.4, -0.2) is 252 Å². The first-order valence-corrected chi connectivity index (χ1v) is 24.2. The largest absolute Gasteiger partial charge is 0.379 e. The van der Waals surface area contributed by atoms with Crippen LogP contribution in [0.1, 0.15) is 46.4 Å². The molecule has 0 radical (unpaired) electrons. The lowest BCUT2D eigenvalue weighted by atomic mass is 10.0. The number of rotatable bonds is 55. The van der Waals surface area contributed by atoms with Gasteiger partial charge in [-0.05, 0) is 12.1 Å². The second-order valence-electron chi connectivity index (χ2n) is 15.3. The molecule has 0 spiro atoms. The molecule has 3 amide bonds. The highest BCUT2D eigenvalue weighted by atomic mass is 16.6. The van der Waals surface area contributed by atoms with Crippen LogP contribution in [0.5, 0.6) is 0 Å². The molecule has 23 heteroatoms. The smallest absolute Gasteiger partial charge is 0.261 e. The molecule has 1 aliphatic heterocycles. The molecule has 1 aromatic carbocycles. The summed E-state index contributed by atoms with van der Waals surface area (Å²) in [6.45, 7) is 10.1. The van der Waals surface area contributed by atoms with Gasteiger partial charge in [0.1, 0.15) is 24.4 Å². The van der Waals surface area contributed by atoms with E-state index in [-0.39, 0.29) is 109 Å². The van der Waals surface area contributed by atoms with Crippen LogP contribution in [0.15, 0.2) is 24.3 Å². The van der Waals surface area contributed by atoms with Crippen LogP contribution in [-0.2, 0) is 90.2 Å². The first-order valence-electron chi connectivity index (χ1n) is 24.2. The number of nitrogens with zero attached hydrogens (tertiary/aromatic N) is 1. The Morgan fingerprint density at radius 2 is 0.662 bits per heavy atom. The zero-order chi connectivity index (χ0) is 51.0. The van der Waals surface area contributed by atoms with Crippen molar-refractivity contribution in [2.24, 2.45) is 0 Å². The molecule has 0 atom stereocenters. The van der Waals surface area contributed by atoms with E-state index in [1.54, 1.807) is 24.3 Å². The number of benzene rings is 1. The Morgan fingerprint density at radius 3 is 0.944 bits per heavy atom. The highest BCUT2D eigenvalue weighted by molar-refractivity contribution is 6.21. The Hall–Kier alpha value is -3.76. The Kier molecular flexibility index (Phi) is 41.1. The van der Waals surface area contributed by atoms with E-state index in [1.165, 1.54) is 4.90 Å². The minimum Gasteiger partial charge on any atom is -0.379 e. The van der Waals surface area contributed by atoms with Gasteiger partial charge in [0, 0.05) is 25.7 Å². The molecule has 0 aromatic heterocycles. The highest BCUT2D eigenvalue weighted by Gasteiger charge is 2.35. The summed E-state index contributed by atoms with van der Waals surface area (Å²) in [7, 11) is 0. The molecule has 0 aliphatic carbocycles. The zero-order valence-electron chi connectivity index (χ0n) is 41.3. The fourth-order valence-electron chi connectivity index (χ4n) is 6.07. The van der Waals surface area contributed by atoms with Gasteiger partial charge in [-0.2, -0.15) is 0 Å². The molecule has 71 heavy (non-hydrogen) atoms. The topological polar surface area (TPSA) is 256 Å². The van der Waals surface area contributed by atoms with Crippen molar-refractivity contribution < 1.29 is 99.8 Å². The molecule has 0 unspecified atom stereocenters. The van der Waals surface area contributed by atoms with E-state index in [9.17, 15) is 28.8 Å². The van der Waals surface area contributed by atoms with Crippen molar-refractivity contribution >= 4 is 36.6 Å². The number of carbonyl (C=O) groups excluding carboxylic acids is 6. The Balaban J connectivity index is 1.25. The number of imide groups is 1. The maximum absolute atomic E-state index is 12.8.